The molecule has 4 aromatic rings. The highest BCUT2D eigenvalue weighted by Crippen LogP contribution is 2.27. The summed E-state index contributed by atoms with van der Waals surface area (Å²) in [7, 11) is 1.90. The number of aryl methyl sites for hydroxylation is 3. The Labute approximate surface area is 185 Å². The van der Waals surface area contributed by atoms with E-state index in [0.29, 0.717) is 23.2 Å². The predicted molar refractivity (Wildman–Crippen MR) is 119 cm³/mol. The topological polar surface area (TPSA) is 86.5 Å². The molecule has 1 N–H and O–H groups in total. The SMILES string of the molecule is Cc1cnc(Oc2ccc3nc(COc4cccc(C(=O)O)c4)n(C)c3c2)c(C)c1.Cl. The Morgan fingerprint density at radius 3 is 2.65 bits per heavy atom. The summed E-state index contributed by atoms with van der Waals surface area (Å²) in [5.41, 5.74) is 3.95. The van der Waals surface area contributed by atoms with Crippen molar-refractivity contribution in [3.05, 3.63) is 77.2 Å². The van der Waals surface area contributed by atoms with Crippen molar-refractivity contribution in [3.63, 3.8) is 0 Å². The maximum Gasteiger partial charge on any atom is 0.335 e. The van der Waals surface area contributed by atoms with Crippen molar-refractivity contribution >= 4 is 29.4 Å². The molecule has 0 fully saturated rings. The van der Waals surface area contributed by atoms with Gasteiger partial charge in [0.1, 0.15) is 23.9 Å². The zero-order valence-corrected chi connectivity index (χ0v) is 18.1. The van der Waals surface area contributed by atoms with E-state index in [1.54, 1.807) is 18.3 Å². The van der Waals surface area contributed by atoms with E-state index >= 15 is 0 Å². The van der Waals surface area contributed by atoms with Crippen molar-refractivity contribution in [2.24, 2.45) is 7.05 Å². The van der Waals surface area contributed by atoms with Gasteiger partial charge in [0.2, 0.25) is 5.88 Å². The van der Waals surface area contributed by atoms with Crippen LogP contribution in [-0.2, 0) is 13.7 Å². The monoisotopic (exact) mass is 439 g/mol. The molecule has 0 aliphatic rings. The number of aromatic nitrogens is 3. The van der Waals surface area contributed by atoms with Crippen LogP contribution in [0.25, 0.3) is 11.0 Å². The fourth-order valence-electron chi connectivity index (χ4n) is 3.20. The van der Waals surface area contributed by atoms with E-state index in [0.717, 1.165) is 22.2 Å². The number of benzene rings is 2. The van der Waals surface area contributed by atoms with Crippen molar-refractivity contribution in [2.75, 3.05) is 0 Å². The molecule has 7 nitrogen and oxygen atoms in total. The molecular formula is C23H22ClN3O4. The summed E-state index contributed by atoms with van der Waals surface area (Å²) < 4.78 is 13.6. The summed E-state index contributed by atoms with van der Waals surface area (Å²) in [6.07, 6.45) is 1.78. The summed E-state index contributed by atoms with van der Waals surface area (Å²) in [5, 5.41) is 9.11. The van der Waals surface area contributed by atoms with Gasteiger partial charge in [0, 0.05) is 24.9 Å². The molecule has 160 valence electrons. The zero-order valence-electron chi connectivity index (χ0n) is 17.3. The number of fused-ring (bicyclic) bond motifs is 1. The lowest BCUT2D eigenvalue weighted by atomic mass is 10.2. The highest BCUT2D eigenvalue weighted by Gasteiger charge is 2.12. The summed E-state index contributed by atoms with van der Waals surface area (Å²) in [5.74, 6) is 1.45. The molecule has 0 amide bonds. The highest BCUT2D eigenvalue weighted by molar-refractivity contribution is 5.88. The largest absolute Gasteiger partial charge is 0.486 e. The first-order valence-electron chi connectivity index (χ1n) is 9.43. The molecule has 0 radical (unpaired) electrons. The number of halogens is 1. The van der Waals surface area contributed by atoms with Crippen LogP contribution in [0.3, 0.4) is 0 Å². The number of hydrogen-bond acceptors (Lipinski definition) is 5. The molecule has 2 heterocycles. The average Bonchev–Trinajstić information content (AvgIpc) is 3.04. The van der Waals surface area contributed by atoms with Gasteiger partial charge < -0.3 is 19.1 Å². The molecule has 0 spiro atoms. The van der Waals surface area contributed by atoms with E-state index in [9.17, 15) is 4.79 Å². The first kappa shape index (κ1) is 22.1. The predicted octanol–water partition coefficient (Wildman–Crippen LogP) is 5.08. The van der Waals surface area contributed by atoms with Crippen LogP contribution in [0, 0.1) is 13.8 Å². The lowest BCUT2D eigenvalue weighted by Gasteiger charge is -2.09. The number of carboxylic acids is 1. The number of pyridine rings is 1. The van der Waals surface area contributed by atoms with Crippen LogP contribution in [0.5, 0.6) is 17.4 Å². The van der Waals surface area contributed by atoms with Crippen LogP contribution in [0.15, 0.2) is 54.7 Å². The van der Waals surface area contributed by atoms with Crippen LogP contribution < -0.4 is 9.47 Å². The Morgan fingerprint density at radius 1 is 1.10 bits per heavy atom. The molecule has 4 rings (SSSR count). The Bertz CT molecular complexity index is 1250. The maximum atomic E-state index is 11.1. The molecule has 0 aliphatic heterocycles. The lowest BCUT2D eigenvalue weighted by Crippen LogP contribution is -2.04. The molecule has 0 unspecified atom stereocenters. The van der Waals surface area contributed by atoms with E-state index in [4.69, 9.17) is 14.6 Å². The number of hydrogen-bond donors (Lipinski definition) is 1. The third-order valence-electron chi connectivity index (χ3n) is 4.78. The molecule has 0 saturated carbocycles. The van der Waals surface area contributed by atoms with Crippen molar-refractivity contribution in [1.82, 2.24) is 14.5 Å². The molecule has 0 bridgehead atoms. The highest BCUT2D eigenvalue weighted by atomic mass is 35.5. The van der Waals surface area contributed by atoms with E-state index in [2.05, 4.69) is 9.97 Å². The third kappa shape index (κ3) is 4.78. The number of carbonyl (C=O) groups is 1. The molecule has 2 aromatic carbocycles. The fourth-order valence-corrected chi connectivity index (χ4v) is 3.20. The van der Waals surface area contributed by atoms with Crippen LogP contribution >= 0.6 is 12.4 Å². The normalized spacial score (nSPS) is 10.5. The second-order valence-corrected chi connectivity index (χ2v) is 7.10. The summed E-state index contributed by atoms with van der Waals surface area (Å²) >= 11 is 0. The molecule has 2 aromatic heterocycles. The Kier molecular flexibility index (Phi) is 6.46. The van der Waals surface area contributed by atoms with Crippen LogP contribution in [0.1, 0.15) is 27.3 Å². The second kappa shape index (κ2) is 9.06. The standard InChI is InChI=1S/C23H21N3O4.ClH/c1-14-9-15(2)22(24-12-14)30-18-7-8-19-20(11-18)26(3)21(25-19)13-29-17-6-4-5-16(10-17)23(27)28;/h4-12H,13H2,1-3H3,(H,27,28);1H. The Morgan fingerprint density at radius 2 is 1.90 bits per heavy atom. The van der Waals surface area contributed by atoms with Gasteiger partial charge in [-0.15, -0.1) is 12.4 Å². The number of nitrogens with zero attached hydrogens (tertiary/aromatic N) is 3. The third-order valence-corrected chi connectivity index (χ3v) is 4.78. The average molecular weight is 440 g/mol. The number of ether oxygens (including phenoxy) is 2. The zero-order chi connectivity index (χ0) is 21.3. The smallest absolute Gasteiger partial charge is 0.335 e. The molecule has 0 atom stereocenters. The van der Waals surface area contributed by atoms with Crippen molar-refractivity contribution in [2.45, 2.75) is 20.5 Å². The minimum absolute atomic E-state index is 0. The summed E-state index contributed by atoms with van der Waals surface area (Å²) in [4.78, 5) is 20.1. The minimum Gasteiger partial charge on any atom is -0.486 e. The molecule has 31 heavy (non-hydrogen) atoms. The van der Waals surface area contributed by atoms with Gasteiger partial charge in [0.15, 0.2) is 0 Å². The summed E-state index contributed by atoms with van der Waals surface area (Å²) in [6, 6.07) is 14.1. The number of imidazole rings is 1. The van der Waals surface area contributed by atoms with Gasteiger partial charge in [0.05, 0.1) is 16.6 Å². The maximum absolute atomic E-state index is 11.1. The number of rotatable bonds is 6. The van der Waals surface area contributed by atoms with Gasteiger partial charge in [-0.05, 0) is 55.8 Å². The van der Waals surface area contributed by atoms with Gasteiger partial charge in [-0.2, -0.15) is 0 Å². The van der Waals surface area contributed by atoms with Gasteiger partial charge in [-0.1, -0.05) is 6.07 Å². The van der Waals surface area contributed by atoms with Crippen LogP contribution in [-0.4, -0.2) is 25.6 Å². The minimum atomic E-state index is -0.992. The van der Waals surface area contributed by atoms with E-state index in [1.165, 1.54) is 12.1 Å². The molecule has 0 aliphatic carbocycles. The molecule has 0 saturated heterocycles. The number of carboxylic acid groups (broad SMARTS) is 1. The van der Waals surface area contributed by atoms with Gasteiger partial charge in [0.25, 0.3) is 0 Å². The molecule has 8 heteroatoms. The van der Waals surface area contributed by atoms with Crippen LogP contribution in [0.4, 0.5) is 0 Å². The second-order valence-electron chi connectivity index (χ2n) is 7.10. The van der Waals surface area contributed by atoms with Gasteiger partial charge >= 0.3 is 5.97 Å². The molecular weight excluding hydrogens is 418 g/mol. The van der Waals surface area contributed by atoms with Crippen molar-refractivity contribution < 1.29 is 19.4 Å². The lowest BCUT2D eigenvalue weighted by molar-refractivity contribution is 0.0696. The van der Waals surface area contributed by atoms with Crippen molar-refractivity contribution in [1.29, 1.82) is 0 Å². The van der Waals surface area contributed by atoms with E-state index < -0.39 is 5.97 Å². The van der Waals surface area contributed by atoms with Gasteiger partial charge in [-0.25, -0.2) is 14.8 Å². The summed E-state index contributed by atoms with van der Waals surface area (Å²) in [6.45, 7) is 4.17. The first-order chi connectivity index (χ1) is 14.4. The quantitative estimate of drug-likeness (QED) is 0.451. The first-order valence-corrected chi connectivity index (χ1v) is 9.43. The van der Waals surface area contributed by atoms with Crippen LogP contribution in [0.2, 0.25) is 0 Å². The Balaban J connectivity index is 0.00000272. The Hall–Kier alpha value is -3.58. The fraction of sp³-hybridized carbons (Fsp3) is 0.174. The van der Waals surface area contributed by atoms with E-state index in [-0.39, 0.29) is 24.6 Å². The van der Waals surface area contributed by atoms with E-state index in [1.807, 2.05) is 49.7 Å². The number of aromatic carboxylic acids is 1. The van der Waals surface area contributed by atoms with Crippen molar-refractivity contribution in [3.8, 4) is 17.4 Å². The van der Waals surface area contributed by atoms with Gasteiger partial charge in [-0.3, -0.25) is 0 Å².